The molecule has 4 nitrogen and oxygen atoms in total. The molecule has 1 aliphatic rings. The molecule has 0 saturated heterocycles. The van der Waals surface area contributed by atoms with E-state index < -0.39 is 6.10 Å². The molecule has 0 aromatic carbocycles. The summed E-state index contributed by atoms with van der Waals surface area (Å²) in [6, 6.07) is 4.17. The summed E-state index contributed by atoms with van der Waals surface area (Å²) >= 11 is 0. The molecule has 0 radical (unpaired) electrons. The summed E-state index contributed by atoms with van der Waals surface area (Å²) in [5, 5.41) is 22.5. The largest absolute Gasteiger partial charge is 0.391 e. The van der Waals surface area contributed by atoms with Crippen LogP contribution in [0.1, 0.15) is 56.9 Å². The summed E-state index contributed by atoms with van der Waals surface area (Å²) in [5.41, 5.74) is 2.98. The third-order valence-corrected chi connectivity index (χ3v) is 3.77. The Morgan fingerprint density at radius 3 is 2.76 bits per heavy atom. The van der Waals surface area contributed by atoms with E-state index in [0.29, 0.717) is 24.3 Å². The molecule has 114 valence electrons. The van der Waals surface area contributed by atoms with Gasteiger partial charge in [-0.2, -0.15) is 5.26 Å². The van der Waals surface area contributed by atoms with Gasteiger partial charge in [0.05, 0.1) is 11.7 Å². The summed E-state index contributed by atoms with van der Waals surface area (Å²) in [5.74, 6) is 0.617. The second-order valence-corrected chi connectivity index (χ2v) is 7.11. The smallest absolute Gasteiger partial charge is 0.144 e. The SMILES string of the molecule is CC(C)(C)CC(O)CNc1nc2c(cc1C#N)CCCC2. The van der Waals surface area contributed by atoms with Crippen molar-refractivity contribution in [3.05, 3.63) is 22.9 Å². The number of rotatable bonds is 4. The Labute approximate surface area is 127 Å². The Morgan fingerprint density at radius 2 is 2.10 bits per heavy atom. The van der Waals surface area contributed by atoms with Crippen molar-refractivity contribution in [3.63, 3.8) is 0 Å². The third-order valence-electron chi connectivity index (χ3n) is 3.77. The molecule has 0 spiro atoms. The maximum Gasteiger partial charge on any atom is 0.144 e. The lowest BCUT2D eigenvalue weighted by Crippen LogP contribution is -2.26. The number of hydrogen-bond donors (Lipinski definition) is 2. The molecule has 1 aromatic rings. The van der Waals surface area contributed by atoms with Gasteiger partial charge in [-0.05, 0) is 49.1 Å². The van der Waals surface area contributed by atoms with Crippen molar-refractivity contribution in [2.24, 2.45) is 5.41 Å². The van der Waals surface area contributed by atoms with Crippen molar-refractivity contribution in [2.75, 3.05) is 11.9 Å². The van der Waals surface area contributed by atoms with Crippen molar-refractivity contribution in [2.45, 2.75) is 59.0 Å². The number of aryl methyl sites for hydroxylation is 2. The Kier molecular flexibility index (Phi) is 4.84. The number of pyridine rings is 1. The monoisotopic (exact) mass is 287 g/mol. The van der Waals surface area contributed by atoms with Crippen molar-refractivity contribution < 1.29 is 5.11 Å². The Balaban J connectivity index is 2.07. The fraction of sp³-hybridized carbons (Fsp3) is 0.647. The van der Waals surface area contributed by atoms with Gasteiger partial charge < -0.3 is 10.4 Å². The molecule has 1 atom stereocenters. The van der Waals surface area contributed by atoms with Crippen LogP contribution >= 0.6 is 0 Å². The van der Waals surface area contributed by atoms with E-state index in [-0.39, 0.29) is 5.41 Å². The van der Waals surface area contributed by atoms with Gasteiger partial charge in [0.25, 0.3) is 0 Å². The zero-order valence-corrected chi connectivity index (χ0v) is 13.2. The summed E-state index contributed by atoms with van der Waals surface area (Å²) in [4.78, 5) is 4.61. The van der Waals surface area contributed by atoms with Gasteiger partial charge in [0.2, 0.25) is 0 Å². The number of nitriles is 1. The molecule has 4 heteroatoms. The molecular weight excluding hydrogens is 262 g/mol. The molecule has 0 aliphatic heterocycles. The zero-order chi connectivity index (χ0) is 15.5. The van der Waals surface area contributed by atoms with Crippen LogP contribution < -0.4 is 5.32 Å². The summed E-state index contributed by atoms with van der Waals surface area (Å²) in [6.45, 7) is 6.74. The van der Waals surface area contributed by atoms with Crippen LogP contribution in [0.15, 0.2) is 6.07 Å². The number of aliphatic hydroxyl groups excluding tert-OH is 1. The third kappa shape index (κ3) is 4.44. The highest BCUT2D eigenvalue weighted by Gasteiger charge is 2.18. The van der Waals surface area contributed by atoms with E-state index in [0.717, 1.165) is 25.0 Å². The van der Waals surface area contributed by atoms with Gasteiger partial charge in [0.15, 0.2) is 0 Å². The van der Waals surface area contributed by atoms with E-state index in [2.05, 4.69) is 37.1 Å². The van der Waals surface area contributed by atoms with E-state index in [4.69, 9.17) is 0 Å². The number of fused-ring (bicyclic) bond motifs is 1. The van der Waals surface area contributed by atoms with Crippen molar-refractivity contribution in [3.8, 4) is 6.07 Å². The lowest BCUT2D eigenvalue weighted by Gasteiger charge is -2.23. The van der Waals surface area contributed by atoms with Crippen LogP contribution in [0.25, 0.3) is 0 Å². The predicted octanol–water partition coefficient (Wildman–Crippen LogP) is 3.04. The minimum atomic E-state index is -0.436. The summed E-state index contributed by atoms with van der Waals surface area (Å²) < 4.78 is 0. The van der Waals surface area contributed by atoms with E-state index >= 15 is 0 Å². The maximum atomic E-state index is 10.1. The van der Waals surface area contributed by atoms with E-state index in [9.17, 15) is 10.4 Å². The predicted molar refractivity (Wildman–Crippen MR) is 84.2 cm³/mol. The first kappa shape index (κ1) is 15.8. The Hall–Kier alpha value is -1.60. The lowest BCUT2D eigenvalue weighted by molar-refractivity contribution is 0.132. The second kappa shape index (κ2) is 6.44. The van der Waals surface area contributed by atoms with Gasteiger partial charge in [0, 0.05) is 12.2 Å². The Morgan fingerprint density at radius 1 is 1.38 bits per heavy atom. The van der Waals surface area contributed by atoms with Crippen molar-refractivity contribution in [1.29, 1.82) is 5.26 Å². The molecule has 21 heavy (non-hydrogen) atoms. The molecule has 1 unspecified atom stereocenters. The van der Waals surface area contributed by atoms with Crippen LogP contribution in [0.3, 0.4) is 0 Å². The number of nitrogens with one attached hydrogen (secondary N) is 1. The fourth-order valence-corrected chi connectivity index (χ4v) is 2.85. The molecule has 1 aromatic heterocycles. The molecule has 0 fully saturated rings. The highest BCUT2D eigenvalue weighted by atomic mass is 16.3. The number of aromatic nitrogens is 1. The first-order valence-corrected chi connectivity index (χ1v) is 7.74. The number of hydrogen-bond acceptors (Lipinski definition) is 4. The van der Waals surface area contributed by atoms with E-state index in [1.807, 2.05) is 6.07 Å². The van der Waals surface area contributed by atoms with Crippen LogP contribution in [0.2, 0.25) is 0 Å². The van der Waals surface area contributed by atoms with Gasteiger partial charge in [-0.1, -0.05) is 20.8 Å². The number of anilines is 1. The van der Waals surface area contributed by atoms with Crippen molar-refractivity contribution in [1.82, 2.24) is 4.98 Å². The van der Waals surface area contributed by atoms with Gasteiger partial charge in [-0.25, -0.2) is 4.98 Å². The average molecular weight is 287 g/mol. The second-order valence-electron chi connectivity index (χ2n) is 7.11. The van der Waals surface area contributed by atoms with Gasteiger partial charge in [-0.3, -0.25) is 0 Å². The first-order chi connectivity index (χ1) is 9.89. The minimum Gasteiger partial charge on any atom is -0.391 e. The highest BCUT2D eigenvalue weighted by Crippen LogP contribution is 2.25. The van der Waals surface area contributed by atoms with Crippen molar-refractivity contribution >= 4 is 5.82 Å². The average Bonchev–Trinajstić information content (AvgIpc) is 2.42. The standard InChI is InChI=1S/C17H25N3O/c1-17(2,3)9-14(21)11-19-16-13(10-18)8-12-6-4-5-7-15(12)20-16/h8,14,21H,4-7,9,11H2,1-3H3,(H,19,20). The van der Waals surface area contributed by atoms with Crippen LogP contribution in [0, 0.1) is 16.7 Å². The molecular formula is C17H25N3O. The molecule has 1 aliphatic carbocycles. The first-order valence-electron chi connectivity index (χ1n) is 7.74. The number of nitrogens with zero attached hydrogens (tertiary/aromatic N) is 2. The molecule has 2 rings (SSSR count). The summed E-state index contributed by atoms with van der Waals surface area (Å²) in [6.07, 6.45) is 4.63. The molecule has 0 bridgehead atoms. The molecule has 2 N–H and O–H groups in total. The van der Waals surface area contributed by atoms with E-state index in [1.54, 1.807) is 0 Å². The van der Waals surface area contributed by atoms with E-state index in [1.165, 1.54) is 12.0 Å². The topological polar surface area (TPSA) is 68.9 Å². The van der Waals surface area contributed by atoms with Crippen LogP contribution in [-0.2, 0) is 12.8 Å². The zero-order valence-electron chi connectivity index (χ0n) is 13.2. The Bertz CT molecular complexity index is 540. The molecule has 0 amide bonds. The number of aliphatic hydroxyl groups is 1. The fourth-order valence-electron chi connectivity index (χ4n) is 2.85. The maximum absolute atomic E-state index is 10.1. The molecule has 0 saturated carbocycles. The summed E-state index contributed by atoms with van der Waals surface area (Å²) in [7, 11) is 0. The van der Waals surface area contributed by atoms with Crippen LogP contribution in [0.4, 0.5) is 5.82 Å². The van der Waals surface area contributed by atoms with Gasteiger partial charge in [-0.15, -0.1) is 0 Å². The van der Waals surface area contributed by atoms with Crippen LogP contribution in [0.5, 0.6) is 0 Å². The van der Waals surface area contributed by atoms with Crippen LogP contribution in [-0.4, -0.2) is 22.7 Å². The quantitative estimate of drug-likeness (QED) is 0.893. The van der Waals surface area contributed by atoms with Gasteiger partial charge >= 0.3 is 0 Å². The minimum absolute atomic E-state index is 0.0858. The highest BCUT2D eigenvalue weighted by molar-refractivity contribution is 5.54. The molecule has 1 heterocycles. The lowest BCUT2D eigenvalue weighted by atomic mass is 9.89. The van der Waals surface area contributed by atoms with Gasteiger partial charge in [0.1, 0.15) is 11.9 Å². The normalized spacial score (nSPS) is 16.0.